The summed E-state index contributed by atoms with van der Waals surface area (Å²) >= 11 is 0. The fourth-order valence-electron chi connectivity index (χ4n) is 3.71. The molecule has 154 valence electrons. The largest absolute Gasteiger partial charge is 0.336 e. The van der Waals surface area contributed by atoms with Gasteiger partial charge in [0.1, 0.15) is 5.82 Å². The van der Waals surface area contributed by atoms with E-state index in [0.717, 1.165) is 50.5 Å². The van der Waals surface area contributed by atoms with Crippen LogP contribution in [0.15, 0.2) is 24.3 Å². The number of piperidine rings is 1. The predicted octanol–water partition coefficient (Wildman–Crippen LogP) is 3.58. The average Bonchev–Trinajstić information content (AvgIpc) is 3.07. The highest BCUT2D eigenvalue weighted by Gasteiger charge is 2.26. The summed E-state index contributed by atoms with van der Waals surface area (Å²) < 4.78 is 1.81. The van der Waals surface area contributed by atoms with Gasteiger partial charge in [0.15, 0.2) is 0 Å². The molecule has 2 aromatic rings. The molecule has 1 saturated heterocycles. The van der Waals surface area contributed by atoms with Crippen molar-refractivity contribution in [3.63, 3.8) is 0 Å². The van der Waals surface area contributed by atoms with Crippen LogP contribution in [0.25, 0.3) is 5.69 Å². The second kappa shape index (κ2) is 10.0. The second-order valence-corrected chi connectivity index (χ2v) is 7.65. The molecule has 3 rings (SSSR count). The zero-order valence-electron chi connectivity index (χ0n) is 17.3. The molecule has 1 aliphatic rings. The van der Waals surface area contributed by atoms with E-state index in [-0.39, 0.29) is 18.3 Å². The highest BCUT2D eigenvalue weighted by molar-refractivity contribution is 5.90. The Balaban J connectivity index is 0.00000280. The first-order chi connectivity index (χ1) is 13.0. The van der Waals surface area contributed by atoms with E-state index in [4.69, 9.17) is 0 Å². The number of halogens is 1. The highest BCUT2D eigenvalue weighted by atomic mass is 35.5. The summed E-state index contributed by atoms with van der Waals surface area (Å²) in [7, 11) is 0. The molecule has 0 unspecified atom stereocenters. The number of nitrogens with zero attached hydrogens (tertiary/aromatic N) is 4. The zero-order valence-corrected chi connectivity index (χ0v) is 18.1. The van der Waals surface area contributed by atoms with Crippen LogP contribution < -0.4 is 5.32 Å². The van der Waals surface area contributed by atoms with Gasteiger partial charge in [0, 0.05) is 13.1 Å². The third-order valence-electron chi connectivity index (χ3n) is 5.33. The van der Waals surface area contributed by atoms with E-state index in [1.165, 1.54) is 5.56 Å². The second-order valence-electron chi connectivity index (χ2n) is 7.65. The summed E-state index contributed by atoms with van der Waals surface area (Å²) in [5.74, 6) is 2.02. The Kier molecular flexibility index (Phi) is 8.01. The van der Waals surface area contributed by atoms with Crippen molar-refractivity contribution in [2.75, 3.05) is 26.2 Å². The summed E-state index contributed by atoms with van der Waals surface area (Å²) in [6.45, 7) is 12.0. The van der Waals surface area contributed by atoms with Gasteiger partial charge < -0.3 is 10.2 Å². The van der Waals surface area contributed by atoms with E-state index in [2.05, 4.69) is 42.2 Å². The number of aryl methyl sites for hydroxylation is 1. The first kappa shape index (κ1) is 22.4. The summed E-state index contributed by atoms with van der Waals surface area (Å²) in [6, 6.07) is 8.18. The highest BCUT2D eigenvalue weighted by Crippen LogP contribution is 2.24. The fraction of sp³-hybridized carbons (Fsp3) is 0.571. The molecular weight excluding hydrogens is 374 g/mol. The molecule has 1 N–H and O–H groups in total. The molecule has 0 spiro atoms. The third-order valence-corrected chi connectivity index (χ3v) is 5.33. The standard InChI is InChI=1S/C21H31N5O.ClH/c1-5-22-14-17-10-12-25(13-11-17)21(27)20-23-16(4)26(24-20)19-9-7-6-8-18(19)15(2)3;/h6-9,15,17,22H,5,10-14H2,1-4H3;1H. The van der Waals surface area contributed by atoms with Gasteiger partial charge in [0.2, 0.25) is 5.82 Å². The molecule has 1 amide bonds. The van der Waals surface area contributed by atoms with Gasteiger partial charge in [0.25, 0.3) is 5.91 Å². The minimum absolute atomic E-state index is 0. The smallest absolute Gasteiger partial charge is 0.293 e. The van der Waals surface area contributed by atoms with Crippen LogP contribution in [0.1, 0.15) is 61.5 Å². The van der Waals surface area contributed by atoms with E-state index in [1.807, 2.05) is 30.0 Å². The summed E-state index contributed by atoms with van der Waals surface area (Å²) in [4.78, 5) is 19.3. The number of carbonyl (C=O) groups excluding carboxylic acids is 1. The van der Waals surface area contributed by atoms with E-state index in [0.29, 0.717) is 17.7 Å². The Hall–Kier alpha value is -1.92. The molecule has 0 saturated carbocycles. The van der Waals surface area contributed by atoms with Crippen LogP contribution in [0.3, 0.4) is 0 Å². The van der Waals surface area contributed by atoms with Crippen molar-refractivity contribution in [1.82, 2.24) is 25.0 Å². The number of para-hydroxylation sites is 1. The molecule has 6 nitrogen and oxygen atoms in total. The van der Waals surface area contributed by atoms with Crippen LogP contribution >= 0.6 is 12.4 Å². The van der Waals surface area contributed by atoms with Crippen molar-refractivity contribution in [3.8, 4) is 5.69 Å². The van der Waals surface area contributed by atoms with Gasteiger partial charge in [-0.15, -0.1) is 17.5 Å². The van der Waals surface area contributed by atoms with Gasteiger partial charge in [-0.05, 0) is 56.3 Å². The molecular formula is C21H32ClN5O. The third kappa shape index (κ3) is 4.92. The minimum atomic E-state index is -0.0548. The van der Waals surface area contributed by atoms with Crippen LogP contribution in [0.5, 0.6) is 0 Å². The molecule has 0 bridgehead atoms. The molecule has 1 aliphatic heterocycles. The number of aromatic nitrogens is 3. The zero-order chi connectivity index (χ0) is 19.4. The van der Waals surface area contributed by atoms with Crippen molar-refractivity contribution >= 4 is 18.3 Å². The number of hydrogen-bond acceptors (Lipinski definition) is 4. The van der Waals surface area contributed by atoms with Gasteiger partial charge in [-0.25, -0.2) is 9.67 Å². The van der Waals surface area contributed by atoms with Gasteiger partial charge >= 0.3 is 0 Å². The van der Waals surface area contributed by atoms with Crippen LogP contribution in [-0.2, 0) is 0 Å². The molecule has 1 aromatic carbocycles. The molecule has 0 aliphatic carbocycles. The molecule has 2 heterocycles. The monoisotopic (exact) mass is 405 g/mol. The maximum Gasteiger partial charge on any atom is 0.293 e. The Morgan fingerprint density at radius 3 is 2.57 bits per heavy atom. The summed E-state index contributed by atoms with van der Waals surface area (Å²) in [5, 5.41) is 7.97. The Morgan fingerprint density at radius 1 is 1.25 bits per heavy atom. The van der Waals surface area contributed by atoms with Crippen molar-refractivity contribution < 1.29 is 4.79 Å². The van der Waals surface area contributed by atoms with Crippen molar-refractivity contribution in [3.05, 3.63) is 41.5 Å². The summed E-state index contributed by atoms with van der Waals surface area (Å²) in [6.07, 6.45) is 2.07. The van der Waals surface area contributed by atoms with Gasteiger partial charge in [-0.2, -0.15) is 0 Å². The molecule has 7 heteroatoms. The van der Waals surface area contributed by atoms with Crippen LogP contribution in [0.2, 0.25) is 0 Å². The Bertz CT molecular complexity index is 781. The molecule has 0 atom stereocenters. The normalized spacial score (nSPS) is 15.0. The maximum atomic E-state index is 12.9. The predicted molar refractivity (Wildman–Crippen MR) is 115 cm³/mol. The molecule has 28 heavy (non-hydrogen) atoms. The van der Waals surface area contributed by atoms with E-state index >= 15 is 0 Å². The lowest BCUT2D eigenvalue weighted by Crippen LogP contribution is -2.41. The lowest BCUT2D eigenvalue weighted by atomic mass is 9.97. The van der Waals surface area contributed by atoms with Gasteiger partial charge in [-0.1, -0.05) is 39.0 Å². The molecule has 0 radical (unpaired) electrons. The van der Waals surface area contributed by atoms with Gasteiger partial charge in [-0.3, -0.25) is 4.79 Å². The van der Waals surface area contributed by atoms with Crippen molar-refractivity contribution in [2.24, 2.45) is 5.92 Å². The average molecular weight is 406 g/mol. The van der Waals surface area contributed by atoms with Gasteiger partial charge in [0.05, 0.1) is 5.69 Å². The topological polar surface area (TPSA) is 63.1 Å². The fourth-order valence-corrected chi connectivity index (χ4v) is 3.71. The van der Waals surface area contributed by atoms with E-state index < -0.39 is 0 Å². The number of hydrogen-bond donors (Lipinski definition) is 1. The number of nitrogens with one attached hydrogen (secondary N) is 1. The van der Waals surface area contributed by atoms with Crippen LogP contribution in [0.4, 0.5) is 0 Å². The van der Waals surface area contributed by atoms with E-state index in [9.17, 15) is 4.79 Å². The lowest BCUT2D eigenvalue weighted by molar-refractivity contribution is 0.0678. The molecule has 1 fully saturated rings. The molecule has 1 aromatic heterocycles. The van der Waals surface area contributed by atoms with Crippen LogP contribution in [0, 0.1) is 12.8 Å². The Labute approximate surface area is 174 Å². The van der Waals surface area contributed by atoms with Crippen molar-refractivity contribution in [2.45, 2.75) is 46.5 Å². The number of likely N-dealkylation sites (tertiary alicyclic amines) is 1. The number of rotatable bonds is 6. The number of carbonyl (C=O) groups is 1. The van der Waals surface area contributed by atoms with E-state index in [1.54, 1.807) is 4.68 Å². The maximum absolute atomic E-state index is 12.9. The first-order valence-electron chi connectivity index (χ1n) is 10.0. The minimum Gasteiger partial charge on any atom is -0.336 e. The quantitative estimate of drug-likeness (QED) is 0.797. The number of benzene rings is 1. The SMILES string of the molecule is CCNCC1CCN(C(=O)c2nc(C)n(-c3ccccc3C(C)C)n2)CC1.Cl. The summed E-state index contributed by atoms with van der Waals surface area (Å²) in [5.41, 5.74) is 2.20. The van der Waals surface area contributed by atoms with Crippen LogP contribution in [-0.4, -0.2) is 51.8 Å². The first-order valence-corrected chi connectivity index (χ1v) is 10.0. The number of amides is 1. The lowest BCUT2D eigenvalue weighted by Gasteiger charge is -2.31. The van der Waals surface area contributed by atoms with Crippen molar-refractivity contribution in [1.29, 1.82) is 0 Å². The Morgan fingerprint density at radius 2 is 1.93 bits per heavy atom.